The summed E-state index contributed by atoms with van der Waals surface area (Å²) >= 11 is 0. The Kier molecular flexibility index (Phi) is 23.5. The van der Waals surface area contributed by atoms with E-state index < -0.39 is 23.6 Å². The van der Waals surface area contributed by atoms with Crippen molar-refractivity contribution in [3.63, 3.8) is 0 Å². The Morgan fingerprint density at radius 1 is 0.562 bits per heavy atom. The molecule has 0 aromatic carbocycles. The van der Waals surface area contributed by atoms with Gasteiger partial charge in [0.2, 0.25) is 29.5 Å². The Morgan fingerprint density at radius 3 is 1.21 bits per heavy atom. The second kappa shape index (κ2) is 26.2. The highest BCUT2D eigenvalue weighted by molar-refractivity contribution is 6.13. The summed E-state index contributed by atoms with van der Waals surface area (Å²) in [6, 6.07) is 0. The van der Waals surface area contributed by atoms with Gasteiger partial charge in [0.15, 0.2) is 0 Å². The summed E-state index contributed by atoms with van der Waals surface area (Å²) in [6.45, 7) is 7.82. The van der Waals surface area contributed by atoms with Crippen LogP contribution < -0.4 is 26.6 Å². The topological polar surface area (TPSA) is 229 Å². The SMILES string of the molecule is CC.CCOCCC(=O)NC.O=C(CCCC(=O)NCCNC(=O)CCN1C(=O)C=CC1=O)NCCNC(=O)CCN1C(=O)C=CC1=O. The molecule has 0 aromatic rings. The highest BCUT2D eigenvalue weighted by atomic mass is 16.5. The molecule has 2 aliphatic rings. The normalized spacial score (nSPS) is 12.9. The van der Waals surface area contributed by atoms with Crippen LogP contribution in [0, 0.1) is 0 Å². The monoisotopic (exact) mass is 679 g/mol. The maximum Gasteiger partial charge on any atom is 0.253 e. The first-order valence-electron chi connectivity index (χ1n) is 15.9. The maximum absolute atomic E-state index is 11.8. The molecule has 9 amide bonds. The van der Waals surface area contributed by atoms with Crippen LogP contribution in [0.5, 0.6) is 0 Å². The summed E-state index contributed by atoms with van der Waals surface area (Å²) in [5.41, 5.74) is 0. The summed E-state index contributed by atoms with van der Waals surface area (Å²) in [7, 11) is 1.62. The minimum Gasteiger partial charge on any atom is -0.381 e. The van der Waals surface area contributed by atoms with Gasteiger partial charge in [-0.05, 0) is 13.3 Å². The lowest BCUT2D eigenvalue weighted by Crippen LogP contribution is -2.38. The summed E-state index contributed by atoms with van der Waals surface area (Å²) in [5, 5.41) is 12.9. The smallest absolute Gasteiger partial charge is 0.253 e. The number of nitrogens with one attached hydrogen (secondary N) is 5. The van der Waals surface area contributed by atoms with Crippen LogP contribution in [-0.2, 0) is 47.9 Å². The molecule has 268 valence electrons. The van der Waals surface area contributed by atoms with Crippen LogP contribution in [0.15, 0.2) is 24.3 Å². The van der Waals surface area contributed by atoms with E-state index in [2.05, 4.69) is 26.6 Å². The third-order valence-corrected chi connectivity index (χ3v) is 6.23. The fourth-order valence-electron chi connectivity index (χ4n) is 3.73. The third-order valence-electron chi connectivity index (χ3n) is 6.23. The average Bonchev–Trinajstić information content (AvgIpc) is 3.57. The molecule has 2 aliphatic heterocycles. The molecule has 0 bridgehead atoms. The molecule has 0 aromatic heterocycles. The first-order valence-corrected chi connectivity index (χ1v) is 15.9. The summed E-state index contributed by atoms with van der Waals surface area (Å²) in [6.07, 6.45) is 5.52. The van der Waals surface area contributed by atoms with Crippen molar-refractivity contribution in [3.8, 4) is 0 Å². The van der Waals surface area contributed by atoms with Gasteiger partial charge in [-0.25, -0.2) is 0 Å². The van der Waals surface area contributed by atoms with Crippen LogP contribution >= 0.6 is 0 Å². The van der Waals surface area contributed by atoms with E-state index in [1.54, 1.807) is 7.05 Å². The largest absolute Gasteiger partial charge is 0.381 e. The number of amides is 9. The van der Waals surface area contributed by atoms with Crippen molar-refractivity contribution in [1.82, 2.24) is 36.4 Å². The van der Waals surface area contributed by atoms with Gasteiger partial charge in [-0.15, -0.1) is 0 Å². The van der Waals surface area contributed by atoms with E-state index in [9.17, 15) is 43.2 Å². The van der Waals surface area contributed by atoms with Crippen molar-refractivity contribution in [2.45, 2.75) is 59.3 Å². The Labute approximate surface area is 280 Å². The second-order valence-corrected chi connectivity index (χ2v) is 9.70. The zero-order chi connectivity index (χ0) is 36.3. The zero-order valence-corrected chi connectivity index (χ0v) is 28.2. The Morgan fingerprint density at radius 2 is 0.896 bits per heavy atom. The van der Waals surface area contributed by atoms with Gasteiger partial charge in [0.1, 0.15) is 0 Å². The predicted octanol–water partition coefficient (Wildman–Crippen LogP) is -1.56. The standard InChI is InChI=1S/C23H30N6O8.C6H13NO2.C2H6/c30-16(24-10-12-26-18(32)8-14-28-20(34)4-5-21(28)35)2-1-3-17(31)25-11-13-27-19(33)9-15-29-22(36)6-7-23(29)37;1-3-9-5-4-6(8)7-2;1-2/h4-7H,1-3,8-15H2,(H,24,30)(H,25,31)(H,26,32)(H,27,33);3-5H2,1-2H3,(H,7,8);1-2H3. The predicted molar refractivity (Wildman–Crippen MR) is 173 cm³/mol. The number of carbonyl (C=O) groups excluding carboxylic acids is 9. The lowest BCUT2D eigenvalue weighted by atomic mass is 10.2. The molecule has 5 N–H and O–H groups in total. The quantitative estimate of drug-likeness (QED) is 0.0734. The highest BCUT2D eigenvalue weighted by Gasteiger charge is 2.24. The van der Waals surface area contributed by atoms with E-state index in [0.717, 1.165) is 34.1 Å². The molecule has 0 saturated heterocycles. The molecule has 0 atom stereocenters. The van der Waals surface area contributed by atoms with Gasteiger partial charge in [-0.1, -0.05) is 13.8 Å². The van der Waals surface area contributed by atoms with Crippen LogP contribution in [0.25, 0.3) is 0 Å². The molecule has 17 heteroatoms. The number of carbonyl (C=O) groups is 9. The summed E-state index contributed by atoms with van der Waals surface area (Å²) in [4.78, 5) is 105. The molecule has 0 fully saturated rings. The van der Waals surface area contributed by atoms with Gasteiger partial charge in [-0.3, -0.25) is 53.0 Å². The van der Waals surface area contributed by atoms with Crippen molar-refractivity contribution in [3.05, 3.63) is 24.3 Å². The van der Waals surface area contributed by atoms with Crippen molar-refractivity contribution >= 4 is 53.2 Å². The van der Waals surface area contributed by atoms with E-state index in [4.69, 9.17) is 4.74 Å². The van der Waals surface area contributed by atoms with Crippen LogP contribution in [0.1, 0.15) is 59.3 Å². The first-order chi connectivity index (χ1) is 23.0. The van der Waals surface area contributed by atoms with E-state index in [0.29, 0.717) is 26.1 Å². The molecule has 0 aliphatic carbocycles. The minimum atomic E-state index is -0.453. The number of ether oxygens (including phenoxy) is 1. The minimum absolute atomic E-state index is 0.0156. The molecular weight excluding hydrogens is 630 g/mol. The molecule has 48 heavy (non-hydrogen) atoms. The van der Waals surface area contributed by atoms with Crippen LogP contribution in [-0.4, -0.2) is 122 Å². The van der Waals surface area contributed by atoms with E-state index in [1.807, 2.05) is 20.8 Å². The maximum atomic E-state index is 11.8. The number of imide groups is 2. The van der Waals surface area contributed by atoms with Crippen LogP contribution in [0.4, 0.5) is 0 Å². The molecule has 0 radical (unpaired) electrons. The summed E-state index contributed by atoms with van der Waals surface area (Å²) < 4.78 is 4.95. The van der Waals surface area contributed by atoms with Gasteiger partial charge in [0, 0.05) is 109 Å². The van der Waals surface area contributed by atoms with Gasteiger partial charge in [0.25, 0.3) is 23.6 Å². The number of hydrogen-bond acceptors (Lipinski definition) is 10. The third kappa shape index (κ3) is 19.6. The van der Waals surface area contributed by atoms with Gasteiger partial charge < -0.3 is 31.3 Å². The van der Waals surface area contributed by atoms with E-state index >= 15 is 0 Å². The molecular formula is C31H49N7O10. The van der Waals surface area contributed by atoms with E-state index in [1.165, 1.54) is 0 Å². The Hall–Kier alpha value is -4.93. The van der Waals surface area contributed by atoms with Crippen molar-refractivity contribution in [1.29, 1.82) is 0 Å². The second-order valence-electron chi connectivity index (χ2n) is 9.70. The number of nitrogens with zero attached hydrogens (tertiary/aromatic N) is 2. The highest BCUT2D eigenvalue weighted by Crippen LogP contribution is 2.05. The van der Waals surface area contributed by atoms with Gasteiger partial charge >= 0.3 is 0 Å². The lowest BCUT2D eigenvalue weighted by Gasteiger charge is -2.13. The molecule has 0 spiro atoms. The fourth-order valence-corrected chi connectivity index (χ4v) is 3.73. The fraction of sp³-hybridized carbons (Fsp3) is 0.581. The molecule has 2 rings (SSSR count). The van der Waals surface area contributed by atoms with Crippen molar-refractivity contribution in [2.24, 2.45) is 0 Å². The molecule has 2 heterocycles. The van der Waals surface area contributed by atoms with Gasteiger partial charge in [0.05, 0.1) is 6.61 Å². The van der Waals surface area contributed by atoms with Crippen molar-refractivity contribution in [2.75, 3.05) is 59.5 Å². The Bertz CT molecular complexity index is 1070. The Balaban J connectivity index is 0.00000173. The van der Waals surface area contributed by atoms with Crippen LogP contribution in [0.2, 0.25) is 0 Å². The molecule has 0 saturated carbocycles. The first kappa shape index (κ1) is 43.1. The molecule has 0 unspecified atom stereocenters. The zero-order valence-electron chi connectivity index (χ0n) is 28.2. The summed E-state index contributed by atoms with van der Waals surface area (Å²) in [5.74, 6) is -3.05. The van der Waals surface area contributed by atoms with Gasteiger partial charge in [-0.2, -0.15) is 0 Å². The molecule has 17 nitrogen and oxygen atoms in total. The van der Waals surface area contributed by atoms with Crippen LogP contribution in [0.3, 0.4) is 0 Å². The van der Waals surface area contributed by atoms with Crippen molar-refractivity contribution < 1.29 is 47.9 Å². The lowest BCUT2D eigenvalue weighted by molar-refractivity contribution is -0.139. The average molecular weight is 680 g/mol. The van der Waals surface area contributed by atoms with E-state index in [-0.39, 0.29) is 94.5 Å². The number of hydrogen-bond donors (Lipinski definition) is 5. The number of rotatable bonds is 20.